The molecule has 1 aromatic heterocycles. The molecule has 4 rings (SSSR count). The maximum Gasteiger partial charge on any atom is 0.284 e. The molecule has 0 radical (unpaired) electrons. The summed E-state index contributed by atoms with van der Waals surface area (Å²) < 4.78 is 27.6. The molecule has 9 heteroatoms. The van der Waals surface area contributed by atoms with Crippen molar-refractivity contribution in [2.24, 2.45) is 0 Å². The first-order valence-corrected chi connectivity index (χ1v) is 11.5. The highest BCUT2D eigenvalue weighted by atomic mass is 35.5. The van der Waals surface area contributed by atoms with E-state index in [1.165, 1.54) is 0 Å². The van der Waals surface area contributed by atoms with E-state index in [1.807, 2.05) is 6.92 Å². The fourth-order valence-electron chi connectivity index (χ4n) is 2.87. The van der Waals surface area contributed by atoms with Crippen LogP contribution in [0.4, 0.5) is 23.0 Å². The van der Waals surface area contributed by atoms with Crippen molar-refractivity contribution in [1.29, 1.82) is 0 Å². The number of anilines is 4. The molecule has 0 aliphatic heterocycles. The fraction of sp³-hybridized carbons (Fsp3) is 0.0455. The first kappa shape index (κ1) is 21.2. The van der Waals surface area contributed by atoms with E-state index in [0.29, 0.717) is 21.6 Å². The van der Waals surface area contributed by atoms with Crippen LogP contribution < -0.4 is 10.6 Å². The molecular formula is C22H18Cl2N4O2S. The third-order valence-corrected chi connectivity index (χ3v) is 6.56. The second-order valence-corrected chi connectivity index (χ2v) is 9.48. The van der Waals surface area contributed by atoms with E-state index in [9.17, 15) is 8.42 Å². The lowest BCUT2D eigenvalue weighted by Crippen LogP contribution is -2.17. The summed E-state index contributed by atoms with van der Waals surface area (Å²) in [6.07, 6.45) is 0. The smallest absolute Gasteiger partial charge is 0.284 e. The monoisotopic (exact) mass is 472 g/mol. The molecule has 4 aromatic rings. The van der Waals surface area contributed by atoms with Gasteiger partial charge in [-0.15, -0.1) is 9.19 Å². The second-order valence-electron chi connectivity index (χ2n) is 6.84. The Hall–Kier alpha value is -3.00. The van der Waals surface area contributed by atoms with Gasteiger partial charge in [0.1, 0.15) is 5.82 Å². The number of halogens is 2. The molecule has 0 spiro atoms. The first-order chi connectivity index (χ1) is 14.8. The second kappa shape index (κ2) is 8.63. The fourth-order valence-corrected chi connectivity index (χ4v) is 4.35. The summed E-state index contributed by atoms with van der Waals surface area (Å²) in [7, 11) is -3.94. The summed E-state index contributed by atoms with van der Waals surface area (Å²) in [5.74, 6) is 0.633. The Bertz CT molecular complexity index is 1300. The van der Waals surface area contributed by atoms with Crippen LogP contribution in [0.25, 0.3) is 0 Å². The van der Waals surface area contributed by atoms with Crippen molar-refractivity contribution in [2.45, 2.75) is 11.8 Å². The van der Waals surface area contributed by atoms with Gasteiger partial charge in [-0.1, -0.05) is 40.9 Å². The molecule has 158 valence electrons. The van der Waals surface area contributed by atoms with Gasteiger partial charge in [0.15, 0.2) is 5.82 Å². The predicted molar refractivity (Wildman–Crippen MR) is 125 cm³/mol. The maximum atomic E-state index is 13.3. The lowest BCUT2D eigenvalue weighted by atomic mass is 10.2. The van der Waals surface area contributed by atoms with Crippen molar-refractivity contribution in [3.05, 3.63) is 94.5 Å². The molecule has 0 atom stereocenters. The molecule has 2 N–H and O–H groups in total. The number of aryl methyl sites for hydroxylation is 1. The Balaban J connectivity index is 1.75. The van der Waals surface area contributed by atoms with Crippen molar-refractivity contribution in [3.8, 4) is 0 Å². The standard InChI is InChI=1S/C22H18Cl2N4O2S/c1-15-2-12-20(13-3-15)31(29,30)28-22(26-19-10-6-17(24)7-11-19)14-21(27-28)25-18-8-4-16(23)5-9-18/h2-14,26H,1H3,(H,25,27). The van der Waals surface area contributed by atoms with Crippen LogP contribution in [0.15, 0.2) is 83.8 Å². The third-order valence-electron chi connectivity index (χ3n) is 4.46. The Kier molecular flexibility index (Phi) is 5.91. The summed E-state index contributed by atoms with van der Waals surface area (Å²) in [6.45, 7) is 1.89. The number of rotatable bonds is 6. The van der Waals surface area contributed by atoms with E-state index in [1.54, 1.807) is 78.9 Å². The van der Waals surface area contributed by atoms with Gasteiger partial charge in [0.2, 0.25) is 0 Å². The number of hydrogen-bond acceptors (Lipinski definition) is 5. The minimum absolute atomic E-state index is 0.137. The Morgan fingerprint density at radius 2 is 1.29 bits per heavy atom. The van der Waals surface area contributed by atoms with Gasteiger partial charge in [-0.2, -0.15) is 8.42 Å². The average molecular weight is 473 g/mol. The van der Waals surface area contributed by atoms with Gasteiger partial charge in [-0.25, -0.2) is 0 Å². The van der Waals surface area contributed by atoms with Crippen LogP contribution >= 0.6 is 23.2 Å². The molecule has 0 unspecified atom stereocenters. The molecule has 0 bridgehead atoms. The van der Waals surface area contributed by atoms with Gasteiger partial charge in [-0.05, 0) is 67.6 Å². The van der Waals surface area contributed by atoms with E-state index < -0.39 is 10.0 Å². The largest absolute Gasteiger partial charge is 0.339 e. The molecule has 0 fully saturated rings. The van der Waals surface area contributed by atoms with Gasteiger partial charge < -0.3 is 10.6 Å². The van der Waals surface area contributed by atoms with E-state index >= 15 is 0 Å². The van der Waals surface area contributed by atoms with Crippen LogP contribution in [0.5, 0.6) is 0 Å². The third kappa shape index (κ3) is 4.85. The highest BCUT2D eigenvalue weighted by molar-refractivity contribution is 7.90. The van der Waals surface area contributed by atoms with E-state index in [0.717, 1.165) is 15.3 Å². The van der Waals surface area contributed by atoms with Gasteiger partial charge in [0.25, 0.3) is 10.0 Å². The van der Waals surface area contributed by atoms with Crippen molar-refractivity contribution in [1.82, 2.24) is 9.19 Å². The molecule has 0 saturated carbocycles. The molecule has 0 amide bonds. The maximum absolute atomic E-state index is 13.3. The zero-order chi connectivity index (χ0) is 22.0. The van der Waals surface area contributed by atoms with Crippen LogP contribution in [0.3, 0.4) is 0 Å². The van der Waals surface area contributed by atoms with Crippen molar-refractivity contribution in [2.75, 3.05) is 10.6 Å². The van der Waals surface area contributed by atoms with E-state index in [4.69, 9.17) is 23.2 Å². The zero-order valence-electron chi connectivity index (χ0n) is 16.4. The SMILES string of the molecule is Cc1ccc(S(=O)(=O)n2nc(Nc3ccc(Cl)cc3)cc2Nc2ccc(Cl)cc2)cc1. The molecule has 0 aliphatic carbocycles. The molecule has 0 aliphatic rings. The minimum Gasteiger partial charge on any atom is -0.339 e. The number of nitrogens with zero attached hydrogens (tertiary/aromatic N) is 2. The number of nitrogens with one attached hydrogen (secondary N) is 2. The van der Waals surface area contributed by atoms with Crippen molar-refractivity contribution >= 4 is 56.2 Å². The zero-order valence-corrected chi connectivity index (χ0v) is 18.7. The van der Waals surface area contributed by atoms with Gasteiger partial charge in [0.05, 0.1) is 4.90 Å². The van der Waals surface area contributed by atoms with Crippen LogP contribution in [-0.4, -0.2) is 17.6 Å². The number of aromatic nitrogens is 2. The van der Waals surface area contributed by atoms with E-state index in [-0.39, 0.29) is 10.7 Å². The summed E-state index contributed by atoms with van der Waals surface area (Å²) in [6, 6.07) is 22.2. The molecule has 6 nitrogen and oxygen atoms in total. The Labute approximate surface area is 190 Å². The molecular weight excluding hydrogens is 455 g/mol. The first-order valence-electron chi connectivity index (χ1n) is 9.29. The number of hydrogen-bond donors (Lipinski definition) is 2. The lowest BCUT2D eigenvalue weighted by Gasteiger charge is -2.10. The number of benzene rings is 3. The van der Waals surface area contributed by atoms with E-state index in [2.05, 4.69) is 15.7 Å². The average Bonchev–Trinajstić information content (AvgIpc) is 3.15. The highest BCUT2D eigenvalue weighted by Crippen LogP contribution is 2.28. The molecule has 31 heavy (non-hydrogen) atoms. The van der Waals surface area contributed by atoms with Gasteiger partial charge >= 0.3 is 0 Å². The normalized spacial score (nSPS) is 11.3. The summed E-state index contributed by atoms with van der Waals surface area (Å²) >= 11 is 11.9. The van der Waals surface area contributed by atoms with Crippen LogP contribution in [0, 0.1) is 6.92 Å². The van der Waals surface area contributed by atoms with Crippen molar-refractivity contribution in [3.63, 3.8) is 0 Å². The molecule has 3 aromatic carbocycles. The molecule has 0 saturated heterocycles. The minimum atomic E-state index is -3.94. The van der Waals surface area contributed by atoms with Crippen LogP contribution in [0.1, 0.15) is 5.56 Å². The summed E-state index contributed by atoms with van der Waals surface area (Å²) in [5.41, 5.74) is 2.35. The van der Waals surface area contributed by atoms with Crippen LogP contribution in [-0.2, 0) is 10.0 Å². The van der Waals surface area contributed by atoms with Gasteiger partial charge in [-0.3, -0.25) is 0 Å². The summed E-state index contributed by atoms with van der Waals surface area (Å²) in [5, 5.41) is 11.7. The predicted octanol–water partition coefficient (Wildman–Crippen LogP) is 6.22. The summed E-state index contributed by atoms with van der Waals surface area (Å²) in [4.78, 5) is 0.137. The molecule has 1 heterocycles. The highest BCUT2D eigenvalue weighted by Gasteiger charge is 2.23. The lowest BCUT2D eigenvalue weighted by molar-refractivity contribution is 0.581. The Morgan fingerprint density at radius 1 is 0.774 bits per heavy atom. The quantitative estimate of drug-likeness (QED) is 0.348. The van der Waals surface area contributed by atoms with Gasteiger partial charge in [0, 0.05) is 27.5 Å². The topological polar surface area (TPSA) is 76.0 Å². The Morgan fingerprint density at radius 3 is 1.84 bits per heavy atom. The van der Waals surface area contributed by atoms with Crippen molar-refractivity contribution < 1.29 is 8.42 Å². The van der Waals surface area contributed by atoms with Crippen LogP contribution in [0.2, 0.25) is 10.0 Å².